The fourth-order valence-corrected chi connectivity index (χ4v) is 2.82. The van der Waals surface area contributed by atoms with E-state index in [1.807, 2.05) is 25.1 Å². The topological polar surface area (TPSA) is 49.4 Å². The quantitative estimate of drug-likeness (QED) is 0.828. The van der Waals surface area contributed by atoms with Crippen molar-refractivity contribution in [1.82, 2.24) is 4.90 Å². The molecule has 2 aromatic rings. The SMILES string of the molecule is CCN(Cc1cccc(NC(=O)c2ccc(F)cc2Br)c1)C(C)=O. The normalized spacial score (nSPS) is 10.3. The summed E-state index contributed by atoms with van der Waals surface area (Å²) in [5.41, 5.74) is 1.89. The molecule has 0 aliphatic heterocycles. The zero-order valence-electron chi connectivity index (χ0n) is 13.5. The van der Waals surface area contributed by atoms with Gasteiger partial charge in [0.1, 0.15) is 5.82 Å². The standard InChI is InChI=1S/C18H18BrFN2O2/c1-3-22(12(2)23)11-13-5-4-6-15(9-13)21-18(24)16-8-7-14(20)10-17(16)19/h4-10H,3,11H2,1-2H3,(H,21,24). The predicted molar refractivity (Wildman–Crippen MR) is 95.3 cm³/mol. The van der Waals surface area contributed by atoms with Crippen LogP contribution in [0.5, 0.6) is 0 Å². The molecular formula is C18H18BrFN2O2. The van der Waals surface area contributed by atoms with Crippen molar-refractivity contribution in [2.24, 2.45) is 0 Å². The lowest BCUT2D eigenvalue weighted by Crippen LogP contribution is -2.27. The van der Waals surface area contributed by atoms with Gasteiger partial charge in [-0.25, -0.2) is 4.39 Å². The molecule has 6 heteroatoms. The number of hydrogen-bond acceptors (Lipinski definition) is 2. The second kappa shape index (κ2) is 8.06. The molecule has 0 fully saturated rings. The fraction of sp³-hybridized carbons (Fsp3) is 0.222. The molecule has 0 saturated carbocycles. The van der Waals surface area contributed by atoms with E-state index in [-0.39, 0.29) is 11.8 Å². The van der Waals surface area contributed by atoms with Gasteiger partial charge in [0, 0.05) is 30.2 Å². The van der Waals surface area contributed by atoms with Crippen molar-refractivity contribution in [1.29, 1.82) is 0 Å². The van der Waals surface area contributed by atoms with E-state index < -0.39 is 5.82 Å². The van der Waals surface area contributed by atoms with Gasteiger partial charge in [-0.05, 0) is 58.7 Å². The zero-order chi connectivity index (χ0) is 17.7. The third kappa shape index (κ3) is 4.64. The summed E-state index contributed by atoms with van der Waals surface area (Å²) >= 11 is 3.19. The summed E-state index contributed by atoms with van der Waals surface area (Å²) in [5.74, 6) is -0.746. The Morgan fingerprint density at radius 3 is 2.58 bits per heavy atom. The fourth-order valence-electron chi connectivity index (χ4n) is 2.29. The van der Waals surface area contributed by atoms with Crippen LogP contribution in [0.2, 0.25) is 0 Å². The van der Waals surface area contributed by atoms with Crippen LogP contribution in [-0.2, 0) is 11.3 Å². The highest BCUT2D eigenvalue weighted by Crippen LogP contribution is 2.20. The van der Waals surface area contributed by atoms with Crippen molar-refractivity contribution < 1.29 is 14.0 Å². The average molecular weight is 393 g/mol. The van der Waals surface area contributed by atoms with Crippen molar-refractivity contribution in [3.8, 4) is 0 Å². The Morgan fingerprint density at radius 2 is 1.96 bits per heavy atom. The second-order valence-electron chi connectivity index (χ2n) is 5.31. The largest absolute Gasteiger partial charge is 0.339 e. The van der Waals surface area contributed by atoms with Crippen LogP contribution in [0.1, 0.15) is 29.8 Å². The molecule has 1 N–H and O–H groups in total. The van der Waals surface area contributed by atoms with E-state index in [0.717, 1.165) is 5.56 Å². The molecule has 0 atom stereocenters. The highest BCUT2D eigenvalue weighted by molar-refractivity contribution is 9.10. The first-order chi connectivity index (χ1) is 11.4. The van der Waals surface area contributed by atoms with Crippen molar-refractivity contribution in [3.05, 3.63) is 63.9 Å². The smallest absolute Gasteiger partial charge is 0.256 e. The minimum atomic E-state index is -0.413. The van der Waals surface area contributed by atoms with Crippen LogP contribution < -0.4 is 5.32 Å². The Morgan fingerprint density at radius 1 is 1.21 bits per heavy atom. The number of nitrogens with one attached hydrogen (secondary N) is 1. The molecule has 2 rings (SSSR count). The van der Waals surface area contributed by atoms with Gasteiger partial charge in [-0.3, -0.25) is 9.59 Å². The summed E-state index contributed by atoms with van der Waals surface area (Å²) in [6.45, 7) is 4.55. The molecule has 0 bridgehead atoms. The minimum Gasteiger partial charge on any atom is -0.339 e. The van der Waals surface area contributed by atoms with E-state index in [0.29, 0.717) is 28.8 Å². The summed E-state index contributed by atoms with van der Waals surface area (Å²) in [7, 11) is 0. The van der Waals surface area contributed by atoms with Crippen molar-refractivity contribution >= 4 is 33.4 Å². The highest BCUT2D eigenvalue weighted by atomic mass is 79.9. The summed E-state index contributed by atoms with van der Waals surface area (Å²) in [6, 6.07) is 11.2. The number of nitrogens with zero attached hydrogens (tertiary/aromatic N) is 1. The summed E-state index contributed by atoms with van der Waals surface area (Å²) in [4.78, 5) is 25.5. The van der Waals surface area contributed by atoms with Crippen LogP contribution in [0, 0.1) is 5.82 Å². The molecule has 2 amide bonds. The molecule has 0 saturated heterocycles. The van der Waals surface area contributed by atoms with Gasteiger partial charge in [0.2, 0.25) is 5.91 Å². The Balaban J connectivity index is 2.14. The number of carbonyl (C=O) groups excluding carboxylic acids is 2. The van der Waals surface area contributed by atoms with Gasteiger partial charge >= 0.3 is 0 Å². The lowest BCUT2D eigenvalue weighted by molar-refractivity contribution is -0.129. The van der Waals surface area contributed by atoms with Crippen LogP contribution in [0.4, 0.5) is 10.1 Å². The Hall–Kier alpha value is -2.21. The van der Waals surface area contributed by atoms with Gasteiger partial charge < -0.3 is 10.2 Å². The number of carbonyl (C=O) groups is 2. The van der Waals surface area contributed by atoms with Gasteiger partial charge in [-0.1, -0.05) is 12.1 Å². The van der Waals surface area contributed by atoms with Crippen LogP contribution in [-0.4, -0.2) is 23.3 Å². The molecule has 0 unspecified atom stereocenters. The van der Waals surface area contributed by atoms with Crippen LogP contribution in [0.3, 0.4) is 0 Å². The molecule has 24 heavy (non-hydrogen) atoms. The Labute approximate surface area is 148 Å². The molecule has 4 nitrogen and oxygen atoms in total. The minimum absolute atomic E-state index is 0.00202. The van der Waals surface area contributed by atoms with E-state index >= 15 is 0 Å². The number of amides is 2. The summed E-state index contributed by atoms with van der Waals surface area (Å²) < 4.78 is 13.5. The predicted octanol–water partition coefficient (Wildman–Crippen LogP) is 4.21. The van der Waals surface area contributed by atoms with Crippen molar-refractivity contribution in [2.75, 3.05) is 11.9 Å². The molecule has 2 aromatic carbocycles. The number of hydrogen-bond donors (Lipinski definition) is 1. The van der Waals surface area contributed by atoms with Crippen LogP contribution in [0.25, 0.3) is 0 Å². The molecule has 0 aliphatic rings. The van der Waals surface area contributed by atoms with E-state index in [9.17, 15) is 14.0 Å². The van der Waals surface area contributed by atoms with Gasteiger partial charge in [-0.2, -0.15) is 0 Å². The second-order valence-corrected chi connectivity index (χ2v) is 6.17. The third-order valence-electron chi connectivity index (χ3n) is 3.56. The first-order valence-corrected chi connectivity index (χ1v) is 8.31. The van der Waals surface area contributed by atoms with Crippen molar-refractivity contribution in [2.45, 2.75) is 20.4 Å². The highest BCUT2D eigenvalue weighted by Gasteiger charge is 2.12. The monoisotopic (exact) mass is 392 g/mol. The molecule has 0 spiro atoms. The zero-order valence-corrected chi connectivity index (χ0v) is 15.1. The number of halogens is 2. The average Bonchev–Trinajstić information content (AvgIpc) is 2.52. The molecule has 0 aliphatic carbocycles. The first kappa shape index (κ1) is 18.1. The number of rotatable bonds is 5. The third-order valence-corrected chi connectivity index (χ3v) is 4.22. The van der Waals surface area contributed by atoms with E-state index in [1.165, 1.54) is 25.1 Å². The Kier molecular flexibility index (Phi) is 6.09. The van der Waals surface area contributed by atoms with Crippen molar-refractivity contribution in [3.63, 3.8) is 0 Å². The van der Waals surface area contributed by atoms with E-state index in [4.69, 9.17) is 0 Å². The van der Waals surface area contributed by atoms with Gasteiger partial charge in [-0.15, -0.1) is 0 Å². The van der Waals surface area contributed by atoms with E-state index in [2.05, 4.69) is 21.2 Å². The van der Waals surface area contributed by atoms with Gasteiger partial charge in [0.15, 0.2) is 0 Å². The summed E-state index contributed by atoms with van der Waals surface area (Å²) in [5, 5.41) is 2.78. The lowest BCUT2D eigenvalue weighted by atomic mass is 10.1. The summed E-state index contributed by atoms with van der Waals surface area (Å²) in [6.07, 6.45) is 0. The molecule has 126 valence electrons. The van der Waals surface area contributed by atoms with Crippen LogP contribution in [0.15, 0.2) is 46.9 Å². The lowest BCUT2D eigenvalue weighted by Gasteiger charge is -2.19. The molecule has 0 heterocycles. The number of benzene rings is 2. The Bertz CT molecular complexity index is 764. The van der Waals surface area contributed by atoms with Crippen LogP contribution >= 0.6 is 15.9 Å². The number of anilines is 1. The maximum absolute atomic E-state index is 13.1. The first-order valence-electron chi connectivity index (χ1n) is 7.51. The molecular weight excluding hydrogens is 375 g/mol. The molecule has 0 aromatic heterocycles. The van der Waals surface area contributed by atoms with Gasteiger partial charge in [0.05, 0.1) is 5.56 Å². The van der Waals surface area contributed by atoms with E-state index in [1.54, 1.807) is 11.0 Å². The molecule has 0 radical (unpaired) electrons. The maximum Gasteiger partial charge on any atom is 0.256 e. The maximum atomic E-state index is 13.1. The van der Waals surface area contributed by atoms with Gasteiger partial charge in [0.25, 0.3) is 5.91 Å².